The molecule has 2 aromatic heterocycles. The van der Waals surface area contributed by atoms with E-state index in [1.54, 1.807) is 25.3 Å². The van der Waals surface area contributed by atoms with Crippen molar-refractivity contribution in [2.75, 3.05) is 12.4 Å². The van der Waals surface area contributed by atoms with Crippen LogP contribution < -0.4 is 10.1 Å². The molecule has 0 saturated heterocycles. The molecule has 1 aliphatic rings. The molecule has 0 atom stereocenters. The Hall–Kier alpha value is -4.43. The number of fused-ring (bicyclic) bond motifs is 3. The first-order chi connectivity index (χ1) is 17.4. The Morgan fingerprint density at radius 1 is 1.00 bits per heavy atom. The predicted molar refractivity (Wildman–Crippen MR) is 140 cm³/mol. The molecule has 3 aromatic carbocycles. The summed E-state index contributed by atoms with van der Waals surface area (Å²) in [5.41, 5.74) is 4.01. The summed E-state index contributed by atoms with van der Waals surface area (Å²) >= 11 is 0. The van der Waals surface area contributed by atoms with Gasteiger partial charge >= 0.3 is 0 Å². The third-order valence-electron chi connectivity index (χ3n) is 6.31. The standard InChI is InChI=1S/C28H21N3O4S/c1-35-23-10-12-31-24(17-27(32)29-22-9-8-19-11-13-36(33,34)25(19)15-22)28(30-26(31)16-23)21-7-6-18-4-2-3-5-20(18)14-21/h2-16H,17H2,1H3,(H,29,32). The molecule has 0 spiro atoms. The van der Waals surface area contributed by atoms with Crippen molar-refractivity contribution < 1.29 is 17.9 Å². The molecule has 0 fully saturated rings. The van der Waals surface area contributed by atoms with Crippen LogP contribution in [-0.4, -0.2) is 30.8 Å². The zero-order valence-electron chi connectivity index (χ0n) is 19.3. The molecule has 0 aliphatic carbocycles. The maximum atomic E-state index is 13.2. The van der Waals surface area contributed by atoms with E-state index in [1.807, 2.05) is 59.1 Å². The number of hydrogen-bond acceptors (Lipinski definition) is 5. The third-order valence-corrected chi connectivity index (χ3v) is 7.77. The average Bonchev–Trinajstić information content (AvgIpc) is 3.39. The summed E-state index contributed by atoms with van der Waals surface area (Å²) in [7, 11) is -1.87. The van der Waals surface area contributed by atoms with Crippen molar-refractivity contribution in [3.05, 3.63) is 95.7 Å². The molecule has 178 valence electrons. The van der Waals surface area contributed by atoms with Gasteiger partial charge in [-0.25, -0.2) is 13.4 Å². The number of hydrogen-bond donors (Lipinski definition) is 1. The topological polar surface area (TPSA) is 89.8 Å². The maximum Gasteiger partial charge on any atom is 0.230 e. The van der Waals surface area contributed by atoms with Crippen molar-refractivity contribution in [3.8, 4) is 17.0 Å². The Labute approximate surface area is 207 Å². The SMILES string of the molecule is COc1ccn2c(CC(=O)Nc3ccc4c(c3)S(=O)(=O)C=C4)c(-c3ccc4ccccc4c3)nc2c1. The van der Waals surface area contributed by atoms with Gasteiger partial charge in [0.1, 0.15) is 11.4 Å². The van der Waals surface area contributed by atoms with Gasteiger partial charge in [-0.3, -0.25) is 4.79 Å². The Kier molecular flexibility index (Phi) is 5.12. The van der Waals surface area contributed by atoms with Crippen molar-refractivity contribution in [1.29, 1.82) is 0 Å². The molecular weight excluding hydrogens is 474 g/mol. The summed E-state index contributed by atoms with van der Waals surface area (Å²) in [6.07, 6.45) is 3.43. The number of imidazole rings is 1. The van der Waals surface area contributed by atoms with Crippen molar-refractivity contribution >= 4 is 43.9 Å². The molecule has 5 aromatic rings. The third kappa shape index (κ3) is 3.81. The van der Waals surface area contributed by atoms with Gasteiger partial charge in [0.15, 0.2) is 0 Å². The normalized spacial score (nSPS) is 13.7. The quantitative estimate of drug-likeness (QED) is 0.366. The lowest BCUT2D eigenvalue weighted by atomic mass is 10.0. The zero-order valence-corrected chi connectivity index (χ0v) is 20.1. The molecule has 1 amide bonds. The highest BCUT2D eigenvalue weighted by Gasteiger charge is 2.22. The molecule has 0 bridgehead atoms. The van der Waals surface area contributed by atoms with Crippen LogP contribution in [0, 0.1) is 0 Å². The molecule has 6 rings (SSSR count). The minimum absolute atomic E-state index is 0.0394. The maximum absolute atomic E-state index is 13.2. The fraction of sp³-hybridized carbons (Fsp3) is 0.0714. The fourth-order valence-corrected chi connectivity index (χ4v) is 5.76. The number of pyridine rings is 1. The van der Waals surface area contributed by atoms with Crippen LogP contribution in [0.5, 0.6) is 5.75 Å². The van der Waals surface area contributed by atoms with Crippen molar-refractivity contribution in [2.45, 2.75) is 11.3 Å². The number of benzene rings is 3. The predicted octanol–water partition coefficient (Wildman–Crippen LogP) is 5.10. The molecule has 1 aliphatic heterocycles. The van der Waals surface area contributed by atoms with Crippen LogP contribution in [-0.2, 0) is 21.1 Å². The first-order valence-corrected chi connectivity index (χ1v) is 12.9. The zero-order chi connectivity index (χ0) is 24.9. The number of aromatic nitrogens is 2. The summed E-state index contributed by atoms with van der Waals surface area (Å²) < 4.78 is 31.7. The molecule has 3 heterocycles. The van der Waals surface area contributed by atoms with Gasteiger partial charge in [-0.1, -0.05) is 42.5 Å². The number of anilines is 1. The van der Waals surface area contributed by atoms with E-state index in [0.29, 0.717) is 28.3 Å². The van der Waals surface area contributed by atoms with Gasteiger partial charge in [0.25, 0.3) is 0 Å². The lowest BCUT2D eigenvalue weighted by Crippen LogP contribution is -2.16. The van der Waals surface area contributed by atoms with E-state index in [4.69, 9.17) is 9.72 Å². The van der Waals surface area contributed by atoms with Crippen LogP contribution in [0.15, 0.2) is 89.3 Å². The number of sulfone groups is 1. The second-order valence-electron chi connectivity index (χ2n) is 8.59. The highest BCUT2D eigenvalue weighted by molar-refractivity contribution is 7.94. The molecule has 7 nitrogen and oxygen atoms in total. The number of nitrogens with zero attached hydrogens (tertiary/aromatic N) is 2. The van der Waals surface area contributed by atoms with E-state index < -0.39 is 9.84 Å². The van der Waals surface area contributed by atoms with Crippen LogP contribution >= 0.6 is 0 Å². The summed E-state index contributed by atoms with van der Waals surface area (Å²) in [5.74, 6) is 0.388. The lowest BCUT2D eigenvalue weighted by Gasteiger charge is -2.09. The van der Waals surface area contributed by atoms with E-state index in [9.17, 15) is 13.2 Å². The number of nitrogens with one attached hydrogen (secondary N) is 1. The van der Waals surface area contributed by atoms with E-state index in [1.165, 1.54) is 11.5 Å². The van der Waals surface area contributed by atoms with Gasteiger partial charge in [-0.15, -0.1) is 0 Å². The number of amides is 1. The largest absolute Gasteiger partial charge is 0.497 e. The summed E-state index contributed by atoms with van der Waals surface area (Å²) in [5, 5.41) is 6.21. The van der Waals surface area contributed by atoms with Crippen LogP contribution in [0.2, 0.25) is 0 Å². The monoisotopic (exact) mass is 495 g/mol. The first-order valence-electron chi connectivity index (χ1n) is 11.3. The molecule has 0 saturated carbocycles. The van der Waals surface area contributed by atoms with Crippen molar-refractivity contribution in [2.24, 2.45) is 0 Å². The lowest BCUT2D eigenvalue weighted by molar-refractivity contribution is -0.115. The Morgan fingerprint density at radius 2 is 1.83 bits per heavy atom. The molecular formula is C28H21N3O4S. The van der Waals surface area contributed by atoms with Crippen molar-refractivity contribution in [3.63, 3.8) is 0 Å². The van der Waals surface area contributed by atoms with E-state index in [0.717, 1.165) is 22.0 Å². The second-order valence-corrected chi connectivity index (χ2v) is 10.4. The minimum atomic E-state index is -3.47. The summed E-state index contributed by atoms with van der Waals surface area (Å²) in [6, 6.07) is 22.7. The Balaban J connectivity index is 1.38. The smallest absolute Gasteiger partial charge is 0.230 e. The summed E-state index contributed by atoms with van der Waals surface area (Å²) in [4.78, 5) is 18.2. The fourth-order valence-electron chi connectivity index (χ4n) is 4.53. The van der Waals surface area contributed by atoms with Gasteiger partial charge in [0, 0.05) is 28.9 Å². The second kappa shape index (κ2) is 8.35. The Bertz CT molecular complexity index is 1820. The van der Waals surface area contributed by atoms with Crippen LogP contribution in [0.25, 0.3) is 33.8 Å². The average molecular weight is 496 g/mol. The number of carbonyl (C=O) groups is 1. The molecule has 0 unspecified atom stereocenters. The highest BCUT2D eigenvalue weighted by Crippen LogP contribution is 2.31. The Morgan fingerprint density at radius 3 is 2.67 bits per heavy atom. The first kappa shape index (κ1) is 22.1. The molecule has 8 heteroatoms. The van der Waals surface area contributed by atoms with E-state index in [-0.39, 0.29) is 17.2 Å². The number of carbonyl (C=O) groups excluding carboxylic acids is 1. The number of ether oxygens (including phenoxy) is 1. The molecule has 1 N–H and O–H groups in total. The number of rotatable bonds is 5. The number of methoxy groups -OCH3 is 1. The molecule has 36 heavy (non-hydrogen) atoms. The van der Waals surface area contributed by atoms with Gasteiger partial charge < -0.3 is 14.5 Å². The van der Waals surface area contributed by atoms with E-state index in [2.05, 4.69) is 11.4 Å². The van der Waals surface area contributed by atoms with Gasteiger partial charge in [0.05, 0.1) is 29.8 Å². The van der Waals surface area contributed by atoms with Crippen LogP contribution in [0.1, 0.15) is 11.3 Å². The minimum Gasteiger partial charge on any atom is -0.497 e. The van der Waals surface area contributed by atoms with Gasteiger partial charge in [-0.2, -0.15) is 0 Å². The van der Waals surface area contributed by atoms with Gasteiger partial charge in [-0.05, 0) is 46.7 Å². The molecule has 0 radical (unpaired) electrons. The van der Waals surface area contributed by atoms with Crippen LogP contribution in [0.4, 0.5) is 5.69 Å². The van der Waals surface area contributed by atoms with Gasteiger partial charge in [0.2, 0.25) is 15.7 Å². The summed E-state index contributed by atoms with van der Waals surface area (Å²) in [6.45, 7) is 0. The highest BCUT2D eigenvalue weighted by atomic mass is 32.2. The van der Waals surface area contributed by atoms with Crippen molar-refractivity contribution in [1.82, 2.24) is 9.38 Å². The van der Waals surface area contributed by atoms with Crippen LogP contribution in [0.3, 0.4) is 0 Å². The van der Waals surface area contributed by atoms with E-state index >= 15 is 0 Å².